The van der Waals surface area contributed by atoms with Crippen LogP contribution in [-0.4, -0.2) is 80.0 Å². The van der Waals surface area contributed by atoms with Gasteiger partial charge in [-0.05, 0) is 49.1 Å². The van der Waals surface area contributed by atoms with Crippen molar-refractivity contribution in [2.24, 2.45) is 5.92 Å². The summed E-state index contributed by atoms with van der Waals surface area (Å²) in [5.74, 6) is -3.00. The Kier molecular flexibility index (Phi) is 8.37. The Morgan fingerprint density at radius 2 is 1.86 bits per heavy atom. The van der Waals surface area contributed by atoms with E-state index in [1.54, 1.807) is 4.72 Å². The van der Waals surface area contributed by atoms with E-state index in [-0.39, 0.29) is 30.6 Å². The minimum atomic E-state index is -4.78. The van der Waals surface area contributed by atoms with Gasteiger partial charge in [0.05, 0.1) is 12.2 Å². The van der Waals surface area contributed by atoms with Crippen molar-refractivity contribution in [3.63, 3.8) is 0 Å². The topological polar surface area (TPSA) is 154 Å². The molecule has 42 heavy (non-hydrogen) atoms. The molecule has 1 spiro atoms. The summed E-state index contributed by atoms with van der Waals surface area (Å²) in [6.45, 7) is -0.636. The smallest absolute Gasteiger partial charge is 0.411 e. The van der Waals surface area contributed by atoms with Crippen LogP contribution in [0, 0.1) is 11.7 Å². The van der Waals surface area contributed by atoms with E-state index in [0.29, 0.717) is 10.5 Å². The molecule has 1 aliphatic heterocycles. The van der Waals surface area contributed by atoms with Crippen molar-refractivity contribution < 1.29 is 49.9 Å². The van der Waals surface area contributed by atoms with Crippen molar-refractivity contribution in [2.75, 3.05) is 20.1 Å². The fourth-order valence-corrected chi connectivity index (χ4v) is 5.50. The van der Waals surface area contributed by atoms with E-state index >= 15 is 0 Å². The number of hydrogen-bond donors (Lipinski definition) is 3. The van der Waals surface area contributed by atoms with Crippen molar-refractivity contribution in [1.82, 2.24) is 24.6 Å². The highest BCUT2D eigenvalue weighted by molar-refractivity contribution is 7.88. The zero-order valence-corrected chi connectivity index (χ0v) is 23.1. The van der Waals surface area contributed by atoms with E-state index in [2.05, 4.69) is 5.32 Å². The Balaban J connectivity index is 1.50. The van der Waals surface area contributed by atoms with Crippen LogP contribution in [0.1, 0.15) is 25.3 Å². The number of carbonyl (C=O) groups is 4. The Labute approximate surface area is 237 Å². The Hall–Kier alpha value is -3.99. The number of Topliss-reactive ketones (excluding diaryl/α,β-unsaturated/α-hetero) is 1. The maximum Gasteiger partial charge on any atom is 0.411 e. The van der Waals surface area contributed by atoms with Crippen LogP contribution in [0.2, 0.25) is 0 Å². The number of fused-ring (bicyclic) bond motifs is 2. The standard InChI is InChI=1S/C25H27F4N5O7S/c1-14(25(27,28)29)34(11-15-3-5-16(26)6-4-15)20(35)12-33-13-24(41-23(33)38)10-9-17-18(24)7-8-19(21(17)36)31-22(37)32-42(39,40)30-2/h3-8,14,17,30H,9-13H2,1-2H3,(H2,31,32,37)/t14-,17?,24-/m0/s1. The van der Waals surface area contributed by atoms with Crippen LogP contribution < -0.4 is 14.8 Å². The van der Waals surface area contributed by atoms with Gasteiger partial charge in [0.25, 0.3) is 0 Å². The number of carbonyl (C=O) groups excluding carboxylic acids is 4. The Morgan fingerprint density at radius 1 is 1.19 bits per heavy atom. The van der Waals surface area contributed by atoms with E-state index in [1.165, 1.54) is 24.3 Å². The number of nitrogens with one attached hydrogen (secondary N) is 3. The molecule has 1 heterocycles. The number of nitrogens with zero attached hydrogens (tertiary/aromatic N) is 2. The third-order valence-electron chi connectivity index (χ3n) is 7.33. The quantitative estimate of drug-likeness (QED) is 0.377. The normalized spacial score (nSPS) is 22.7. The summed E-state index contributed by atoms with van der Waals surface area (Å²) in [7, 11) is -3.05. The number of halogens is 4. The predicted octanol–water partition coefficient (Wildman–Crippen LogP) is 1.86. The molecule has 17 heteroatoms. The van der Waals surface area contributed by atoms with Gasteiger partial charge in [0, 0.05) is 19.5 Å². The molecule has 2 fully saturated rings. The largest absolute Gasteiger partial charge is 0.436 e. The van der Waals surface area contributed by atoms with Gasteiger partial charge in [-0.3, -0.25) is 14.5 Å². The lowest BCUT2D eigenvalue weighted by molar-refractivity contribution is -0.187. The third kappa shape index (κ3) is 6.41. The number of alkyl halides is 3. The number of benzene rings is 1. The first-order valence-corrected chi connectivity index (χ1v) is 14.1. The van der Waals surface area contributed by atoms with Gasteiger partial charge in [-0.2, -0.15) is 21.6 Å². The van der Waals surface area contributed by atoms with Gasteiger partial charge in [-0.25, -0.2) is 23.4 Å². The number of amides is 4. The monoisotopic (exact) mass is 617 g/mol. The van der Waals surface area contributed by atoms with Crippen LogP contribution in [0.25, 0.3) is 0 Å². The van der Waals surface area contributed by atoms with Gasteiger partial charge >= 0.3 is 28.5 Å². The minimum absolute atomic E-state index is 0.158. The molecule has 1 aromatic carbocycles. The number of ketones is 1. The molecule has 0 aromatic heterocycles. The van der Waals surface area contributed by atoms with Crippen LogP contribution in [0.15, 0.2) is 47.7 Å². The second-order valence-electron chi connectivity index (χ2n) is 10.0. The van der Waals surface area contributed by atoms with Crippen molar-refractivity contribution >= 4 is 34.0 Å². The molecule has 2 aliphatic carbocycles. The summed E-state index contributed by atoms with van der Waals surface area (Å²) in [4.78, 5) is 52.5. The fourth-order valence-electron chi connectivity index (χ4n) is 5.10. The second-order valence-corrected chi connectivity index (χ2v) is 11.6. The van der Waals surface area contributed by atoms with Gasteiger partial charge in [0.1, 0.15) is 18.4 Å². The first kappa shape index (κ1) is 31.0. The molecule has 0 bridgehead atoms. The molecule has 0 radical (unpaired) electrons. The van der Waals surface area contributed by atoms with Gasteiger partial charge in [0.2, 0.25) is 5.91 Å². The van der Waals surface area contributed by atoms with E-state index in [0.717, 1.165) is 31.0 Å². The molecule has 4 amide bonds. The number of ether oxygens (including phenoxy) is 1. The molecule has 1 aromatic rings. The van der Waals surface area contributed by atoms with E-state index in [9.17, 15) is 45.2 Å². The summed E-state index contributed by atoms with van der Waals surface area (Å²) in [6.07, 6.45) is -2.71. The predicted molar refractivity (Wildman–Crippen MR) is 137 cm³/mol. The Morgan fingerprint density at radius 3 is 2.48 bits per heavy atom. The minimum Gasteiger partial charge on any atom is -0.436 e. The molecule has 3 atom stereocenters. The van der Waals surface area contributed by atoms with Crippen LogP contribution in [-0.2, 0) is 31.1 Å². The lowest BCUT2D eigenvalue weighted by Gasteiger charge is -2.32. The first-order valence-electron chi connectivity index (χ1n) is 12.6. The van der Waals surface area contributed by atoms with Crippen molar-refractivity contribution in [2.45, 2.75) is 44.1 Å². The van der Waals surface area contributed by atoms with Crippen LogP contribution in [0.4, 0.5) is 27.2 Å². The van der Waals surface area contributed by atoms with Gasteiger partial charge in [-0.15, -0.1) is 0 Å². The summed E-state index contributed by atoms with van der Waals surface area (Å²) < 4.78 is 86.3. The summed E-state index contributed by atoms with van der Waals surface area (Å²) in [5.41, 5.74) is -0.885. The molecule has 1 saturated carbocycles. The number of rotatable bonds is 8. The maximum atomic E-state index is 13.6. The molecule has 228 valence electrons. The average molecular weight is 618 g/mol. The molecule has 12 nitrogen and oxygen atoms in total. The van der Waals surface area contributed by atoms with Crippen LogP contribution in [0.3, 0.4) is 0 Å². The first-order chi connectivity index (χ1) is 19.5. The highest BCUT2D eigenvalue weighted by Gasteiger charge is 2.56. The lowest BCUT2D eigenvalue weighted by Crippen LogP contribution is -2.50. The summed E-state index contributed by atoms with van der Waals surface area (Å²) in [5, 5.41) is 2.17. The van der Waals surface area contributed by atoms with Crippen molar-refractivity contribution in [3.8, 4) is 0 Å². The summed E-state index contributed by atoms with van der Waals surface area (Å²) in [6, 6.07) is 1.22. The molecule has 1 unspecified atom stereocenters. The highest BCUT2D eigenvalue weighted by atomic mass is 32.2. The van der Waals surface area contributed by atoms with Crippen LogP contribution in [0.5, 0.6) is 0 Å². The van der Waals surface area contributed by atoms with Crippen molar-refractivity contribution in [1.29, 1.82) is 0 Å². The van der Waals surface area contributed by atoms with Gasteiger partial charge < -0.3 is 15.0 Å². The lowest BCUT2D eigenvalue weighted by atomic mass is 9.85. The average Bonchev–Trinajstić information content (AvgIpc) is 3.42. The van der Waals surface area contributed by atoms with Gasteiger partial charge in [0.15, 0.2) is 11.4 Å². The van der Waals surface area contributed by atoms with Gasteiger partial charge in [-0.1, -0.05) is 18.2 Å². The highest BCUT2D eigenvalue weighted by Crippen LogP contribution is 2.48. The third-order valence-corrected chi connectivity index (χ3v) is 8.33. The maximum absolute atomic E-state index is 13.6. The van der Waals surface area contributed by atoms with Crippen LogP contribution >= 0.6 is 0 Å². The number of hydrogen-bond acceptors (Lipinski definition) is 7. The molecule has 4 rings (SSSR count). The van der Waals surface area contributed by atoms with Crippen molar-refractivity contribution in [3.05, 3.63) is 59.1 Å². The molecule has 3 N–H and O–H groups in total. The van der Waals surface area contributed by atoms with E-state index in [1.807, 2.05) is 4.72 Å². The molecule has 3 aliphatic rings. The molecular formula is C25H27F4N5O7S. The SMILES string of the molecule is CNS(=O)(=O)NC(=O)NC1=CC=C2C(CC[C@]23CN(CC(=O)N(Cc2ccc(F)cc2)[C@@H](C)C(F)(F)F)C(=O)O3)C1=O. The van der Waals surface area contributed by atoms with E-state index in [4.69, 9.17) is 4.74 Å². The molecule has 1 saturated heterocycles. The summed E-state index contributed by atoms with van der Waals surface area (Å²) >= 11 is 0. The zero-order valence-electron chi connectivity index (χ0n) is 22.3. The zero-order chi connectivity index (χ0) is 31.0. The second kappa shape index (κ2) is 11.4. The number of allylic oxidation sites excluding steroid dienone is 3. The Bertz CT molecular complexity index is 1460. The number of urea groups is 1. The fraction of sp³-hybridized carbons (Fsp3) is 0.440. The molecular weight excluding hydrogens is 590 g/mol. The van der Waals surface area contributed by atoms with E-state index < -0.39 is 76.7 Å².